The Bertz CT molecular complexity index is 282. The van der Waals surface area contributed by atoms with Crippen molar-refractivity contribution in [3.8, 4) is 0 Å². The summed E-state index contributed by atoms with van der Waals surface area (Å²) in [6, 6.07) is 0.883. The second-order valence-corrected chi connectivity index (χ2v) is 1.78. The molecule has 5 nitrogen and oxygen atoms in total. The average molecular weight is 157 g/mol. The van der Waals surface area contributed by atoms with Gasteiger partial charge in [-0.25, -0.2) is 4.98 Å². The Kier molecular flexibility index (Phi) is 1.67. The maximum absolute atomic E-state index is 12.5. The smallest absolute Gasteiger partial charge is 0.346 e. The lowest BCUT2D eigenvalue weighted by Gasteiger charge is -1.94. The van der Waals surface area contributed by atoms with Gasteiger partial charge in [0.15, 0.2) is 0 Å². The third-order valence-electron chi connectivity index (χ3n) is 1.09. The van der Waals surface area contributed by atoms with Gasteiger partial charge in [0.1, 0.15) is 0 Å². The number of nitrogens with two attached hydrogens (primary N) is 1. The summed E-state index contributed by atoms with van der Waals surface area (Å²) in [7, 11) is 0. The fraction of sp³-hybridized carbons (Fsp3) is 0. The van der Waals surface area contributed by atoms with Crippen molar-refractivity contribution in [1.29, 1.82) is 0 Å². The van der Waals surface area contributed by atoms with Crippen LogP contribution in [0.2, 0.25) is 0 Å². The molecule has 0 spiro atoms. The van der Waals surface area contributed by atoms with Gasteiger partial charge in [-0.3, -0.25) is 10.1 Å². The summed E-state index contributed by atoms with van der Waals surface area (Å²) in [4.78, 5) is 12.5. The van der Waals surface area contributed by atoms with Crippen LogP contribution in [0.3, 0.4) is 0 Å². The number of nitro groups is 1. The summed E-state index contributed by atoms with van der Waals surface area (Å²) in [5.41, 5.74) is 4.26. The van der Waals surface area contributed by atoms with Crippen LogP contribution in [0.5, 0.6) is 0 Å². The van der Waals surface area contributed by atoms with Crippen molar-refractivity contribution >= 4 is 11.5 Å². The number of nitrogens with zero attached hydrogens (tertiary/aromatic N) is 2. The predicted octanol–water partition coefficient (Wildman–Crippen LogP) is 0.711. The van der Waals surface area contributed by atoms with E-state index in [4.69, 9.17) is 5.73 Å². The molecule has 0 fully saturated rings. The first-order valence-corrected chi connectivity index (χ1v) is 2.67. The first kappa shape index (κ1) is 7.39. The molecular weight excluding hydrogens is 153 g/mol. The predicted molar refractivity (Wildman–Crippen MR) is 35.3 cm³/mol. The van der Waals surface area contributed by atoms with E-state index < -0.39 is 22.2 Å². The summed E-state index contributed by atoms with van der Waals surface area (Å²) < 4.78 is 12.5. The lowest BCUT2D eigenvalue weighted by molar-refractivity contribution is -0.386. The first-order valence-electron chi connectivity index (χ1n) is 2.67. The minimum absolute atomic E-state index is 0.407. The Morgan fingerprint density at radius 2 is 2.36 bits per heavy atom. The third kappa shape index (κ3) is 1.23. The zero-order chi connectivity index (χ0) is 8.43. The Morgan fingerprint density at radius 1 is 1.73 bits per heavy atom. The third-order valence-corrected chi connectivity index (χ3v) is 1.09. The molecule has 0 amide bonds. The highest BCUT2D eigenvalue weighted by Crippen LogP contribution is 2.21. The van der Waals surface area contributed by atoms with E-state index in [0.717, 1.165) is 12.3 Å². The molecule has 58 valence electrons. The quantitative estimate of drug-likeness (QED) is 0.480. The molecule has 0 aromatic carbocycles. The number of aromatic nitrogens is 1. The van der Waals surface area contributed by atoms with Crippen LogP contribution < -0.4 is 5.73 Å². The lowest BCUT2D eigenvalue weighted by Crippen LogP contribution is -2.00. The van der Waals surface area contributed by atoms with E-state index in [1.54, 1.807) is 0 Å². The maximum atomic E-state index is 12.5. The van der Waals surface area contributed by atoms with Crippen LogP contribution in [-0.2, 0) is 0 Å². The summed E-state index contributed by atoms with van der Waals surface area (Å²) in [5.74, 6) is -1.38. The van der Waals surface area contributed by atoms with Crippen LogP contribution in [0.25, 0.3) is 0 Å². The first-order chi connectivity index (χ1) is 5.13. The van der Waals surface area contributed by atoms with E-state index in [1.165, 1.54) is 0 Å². The second-order valence-electron chi connectivity index (χ2n) is 1.78. The van der Waals surface area contributed by atoms with Crippen LogP contribution in [0.15, 0.2) is 12.3 Å². The molecule has 0 aliphatic carbocycles. The zero-order valence-electron chi connectivity index (χ0n) is 5.32. The summed E-state index contributed by atoms with van der Waals surface area (Å²) >= 11 is 0. The van der Waals surface area contributed by atoms with E-state index in [1.807, 2.05) is 0 Å². The zero-order valence-corrected chi connectivity index (χ0v) is 5.32. The van der Waals surface area contributed by atoms with Crippen molar-refractivity contribution in [3.63, 3.8) is 0 Å². The average Bonchev–Trinajstić information content (AvgIpc) is 1.85. The molecule has 0 unspecified atom stereocenters. The SMILES string of the molecule is Nc1nccc(F)c1[N+](=O)[O-]. The number of hydrogen-bond acceptors (Lipinski definition) is 4. The highest BCUT2D eigenvalue weighted by Gasteiger charge is 2.18. The monoisotopic (exact) mass is 157 g/mol. The molecule has 0 saturated carbocycles. The molecule has 0 bridgehead atoms. The molecule has 0 atom stereocenters. The number of anilines is 1. The standard InChI is InChI=1S/C5H4FN3O2/c6-3-1-2-8-5(7)4(3)9(10)11/h1-2H,(H2,7,8). The van der Waals surface area contributed by atoms with Gasteiger partial charge in [0.2, 0.25) is 11.6 Å². The highest BCUT2D eigenvalue weighted by molar-refractivity contribution is 5.52. The molecule has 0 aliphatic heterocycles. The molecule has 1 rings (SSSR count). The second kappa shape index (κ2) is 2.49. The van der Waals surface area contributed by atoms with Crippen molar-refractivity contribution < 1.29 is 9.31 Å². The van der Waals surface area contributed by atoms with Crippen LogP contribution in [0, 0.1) is 15.9 Å². The number of halogens is 1. The minimum Gasteiger partial charge on any atom is -0.378 e. The topological polar surface area (TPSA) is 82.0 Å². The number of rotatable bonds is 1. The van der Waals surface area contributed by atoms with Gasteiger partial charge in [-0.15, -0.1) is 0 Å². The van der Waals surface area contributed by atoms with Crippen molar-refractivity contribution in [2.75, 3.05) is 5.73 Å². The molecule has 11 heavy (non-hydrogen) atoms. The minimum atomic E-state index is -0.970. The largest absolute Gasteiger partial charge is 0.378 e. The van der Waals surface area contributed by atoms with Gasteiger partial charge < -0.3 is 5.73 Å². The molecule has 0 saturated heterocycles. The van der Waals surface area contributed by atoms with Crippen LogP contribution in [-0.4, -0.2) is 9.91 Å². The van der Waals surface area contributed by atoms with Gasteiger partial charge >= 0.3 is 5.69 Å². The summed E-state index contributed by atoms with van der Waals surface area (Å²) in [5, 5.41) is 10.1. The number of pyridine rings is 1. The van der Waals surface area contributed by atoms with Gasteiger partial charge in [-0.1, -0.05) is 0 Å². The molecule has 0 radical (unpaired) electrons. The van der Waals surface area contributed by atoms with Gasteiger partial charge in [0, 0.05) is 6.20 Å². The lowest BCUT2D eigenvalue weighted by atomic mass is 10.4. The van der Waals surface area contributed by atoms with E-state index in [2.05, 4.69) is 4.98 Å². The van der Waals surface area contributed by atoms with Crippen molar-refractivity contribution in [1.82, 2.24) is 4.98 Å². The number of nitrogen functional groups attached to an aromatic ring is 1. The molecule has 1 heterocycles. The Balaban J connectivity index is 3.32. The summed E-state index contributed by atoms with van der Waals surface area (Å²) in [6.07, 6.45) is 1.07. The molecule has 1 aromatic heterocycles. The van der Waals surface area contributed by atoms with Crippen LogP contribution >= 0.6 is 0 Å². The Labute approximate surface area is 60.8 Å². The van der Waals surface area contributed by atoms with Gasteiger partial charge in [0.05, 0.1) is 4.92 Å². The van der Waals surface area contributed by atoms with E-state index >= 15 is 0 Å². The van der Waals surface area contributed by atoms with Gasteiger partial charge in [-0.05, 0) is 6.07 Å². The summed E-state index contributed by atoms with van der Waals surface area (Å²) in [6.45, 7) is 0. The molecular formula is C5H4FN3O2. The van der Waals surface area contributed by atoms with Crippen LogP contribution in [0.1, 0.15) is 0 Å². The molecule has 0 aliphatic rings. The molecule has 6 heteroatoms. The van der Waals surface area contributed by atoms with Crippen molar-refractivity contribution in [2.45, 2.75) is 0 Å². The molecule has 1 aromatic rings. The molecule has 2 N–H and O–H groups in total. The Morgan fingerprint density at radius 3 is 2.73 bits per heavy atom. The van der Waals surface area contributed by atoms with E-state index in [-0.39, 0.29) is 0 Å². The fourth-order valence-corrected chi connectivity index (χ4v) is 0.626. The van der Waals surface area contributed by atoms with Crippen molar-refractivity contribution in [3.05, 3.63) is 28.2 Å². The van der Waals surface area contributed by atoms with E-state index in [0.29, 0.717) is 0 Å². The fourth-order valence-electron chi connectivity index (χ4n) is 0.626. The highest BCUT2D eigenvalue weighted by atomic mass is 19.1. The van der Waals surface area contributed by atoms with Crippen molar-refractivity contribution in [2.24, 2.45) is 0 Å². The van der Waals surface area contributed by atoms with Gasteiger partial charge in [-0.2, -0.15) is 4.39 Å². The maximum Gasteiger partial charge on any atom is 0.346 e. The van der Waals surface area contributed by atoms with Crippen LogP contribution in [0.4, 0.5) is 15.9 Å². The number of hydrogen-bond donors (Lipinski definition) is 1. The van der Waals surface area contributed by atoms with Gasteiger partial charge in [0.25, 0.3) is 0 Å². The normalized spacial score (nSPS) is 9.55. The van der Waals surface area contributed by atoms with E-state index in [9.17, 15) is 14.5 Å². The Hall–Kier alpha value is -1.72.